The molecule has 1 atom stereocenters. The van der Waals surface area contributed by atoms with Gasteiger partial charge >= 0.3 is 7.60 Å². The Balaban J connectivity index is 1.92. The van der Waals surface area contributed by atoms with Gasteiger partial charge in [0.15, 0.2) is 5.78 Å². The molecule has 1 fully saturated rings. The van der Waals surface area contributed by atoms with Gasteiger partial charge in [-0.3, -0.25) is 4.57 Å². The average molecular weight is 489 g/mol. The molecular formula is C18H20Br2NO3P. The Morgan fingerprint density at radius 1 is 0.960 bits per heavy atom. The van der Waals surface area contributed by atoms with Crippen molar-refractivity contribution in [1.29, 1.82) is 0 Å². The molecule has 3 rings (SSSR count). The molecule has 0 saturated carbocycles. The highest BCUT2D eigenvalue weighted by Gasteiger charge is 2.43. The summed E-state index contributed by atoms with van der Waals surface area (Å²) in [5.41, 5.74) is 1.56. The van der Waals surface area contributed by atoms with Crippen molar-refractivity contribution in [3.8, 4) is 0 Å². The van der Waals surface area contributed by atoms with E-state index in [1.807, 2.05) is 62.4 Å². The van der Waals surface area contributed by atoms with Crippen LogP contribution >= 0.6 is 39.5 Å². The van der Waals surface area contributed by atoms with Gasteiger partial charge < -0.3 is 14.4 Å². The highest BCUT2D eigenvalue weighted by molar-refractivity contribution is 9.10. The maximum atomic E-state index is 13.4. The third-order valence-corrected chi connectivity index (χ3v) is 7.02. The molecule has 0 radical (unpaired) electrons. The van der Waals surface area contributed by atoms with Crippen LogP contribution in [0, 0.1) is 5.41 Å². The van der Waals surface area contributed by atoms with Gasteiger partial charge in [0.25, 0.3) is 0 Å². The fourth-order valence-corrected chi connectivity index (χ4v) is 5.26. The van der Waals surface area contributed by atoms with Gasteiger partial charge in [-0.2, -0.15) is 0 Å². The monoisotopic (exact) mass is 487 g/mol. The van der Waals surface area contributed by atoms with E-state index in [2.05, 4.69) is 37.2 Å². The molecule has 1 aliphatic heterocycles. The average Bonchev–Trinajstić information content (AvgIpc) is 2.58. The van der Waals surface area contributed by atoms with Crippen LogP contribution in [0.2, 0.25) is 0 Å². The van der Waals surface area contributed by atoms with E-state index < -0.39 is 13.4 Å². The van der Waals surface area contributed by atoms with Crippen LogP contribution in [-0.4, -0.2) is 13.2 Å². The summed E-state index contributed by atoms with van der Waals surface area (Å²) in [4.78, 5) is 0. The standard InChI is InChI=1S/C18H20Br2NO3P/c1-18(2)11-23-25(22,24-12-18)17(13-3-5-14(19)6-4-13)21-16-9-7-15(20)8-10-16/h3-10,17,21H,11-12H2,1-2H3/t17-/m1/s1. The van der Waals surface area contributed by atoms with Crippen molar-refractivity contribution < 1.29 is 13.6 Å². The van der Waals surface area contributed by atoms with Crippen molar-refractivity contribution in [2.45, 2.75) is 19.6 Å². The lowest BCUT2D eigenvalue weighted by atomic mass is 9.97. The molecule has 134 valence electrons. The number of anilines is 1. The van der Waals surface area contributed by atoms with Gasteiger partial charge in [-0.1, -0.05) is 57.8 Å². The topological polar surface area (TPSA) is 47.6 Å². The number of hydrogen-bond donors (Lipinski definition) is 1. The maximum absolute atomic E-state index is 13.4. The smallest absolute Gasteiger partial charge is 0.357 e. The molecule has 1 heterocycles. The summed E-state index contributed by atoms with van der Waals surface area (Å²) in [7, 11) is -3.36. The Hall–Kier alpha value is -0.650. The van der Waals surface area contributed by atoms with Crippen LogP contribution in [0.1, 0.15) is 25.2 Å². The third kappa shape index (κ3) is 4.75. The largest absolute Gasteiger partial charge is 0.368 e. The van der Waals surface area contributed by atoms with Gasteiger partial charge in [0.1, 0.15) is 0 Å². The molecule has 0 spiro atoms. The highest BCUT2D eigenvalue weighted by atomic mass is 79.9. The minimum absolute atomic E-state index is 0.143. The Morgan fingerprint density at radius 3 is 1.96 bits per heavy atom. The van der Waals surface area contributed by atoms with E-state index in [9.17, 15) is 4.57 Å². The molecule has 1 N–H and O–H groups in total. The minimum Gasteiger partial charge on any atom is -0.368 e. The third-order valence-electron chi connectivity index (χ3n) is 3.92. The normalized spacial score (nSPS) is 20.0. The molecule has 0 bridgehead atoms. The van der Waals surface area contributed by atoms with Crippen LogP contribution in [0.5, 0.6) is 0 Å². The van der Waals surface area contributed by atoms with Crippen LogP contribution in [0.25, 0.3) is 0 Å². The highest BCUT2D eigenvalue weighted by Crippen LogP contribution is 2.64. The fraction of sp³-hybridized carbons (Fsp3) is 0.333. The van der Waals surface area contributed by atoms with Crippen molar-refractivity contribution in [3.05, 3.63) is 63.0 Å². The Kier molecular flexibility index (Phi) is 5.76. The maximum Gasteiger partial charge on any atom is 0.357 e. The molecule has 2 aromatic carbocycles. The van der Waals surface area contributed by atoms with Crippen molar-refractivity contribution in [2.75, 3.05) is 18.5 Å². The molecule has 0 aliphatic carbocycles. The van der Waals surface area contributed by atoms with Crippen molar-refractivity contribution >= 4 is 45.1 Å². The zero-order valence-corrected chi connectivity index (χ0v) is 18.1. The Bertz CT molecular complexity index is 764. The summed E-state index contributed by atoms with van der Waals surface area (Å²) in [6.07, 6.45) is 0. The van der Waals surface area contributed by atoms with E-state index in [-0.39, 0.29) is 5.41 Å². The van der Waals surface area contributed by atoms with E-state index >= 15 is 0 Å². The zero-order chi connectivity index (χ0) is 18.1. The molecular weight excluding hydrogens is 469 g/mol. The number of hydrogen-bond acceptors (Lipinski definition) is 4. The molecule has 7 heteroatoms. The van der Waals surface area contributed by atoms with Crippen LogP contribution in [0.15, 0.2) is 57.5 Å². The Morgan fingerprint density at radius 2 is 1.44 bits per heavy atom. The predicted molar refractivity (Wildman–Crippen MR) is 108 cm³/mol. The molecule has 0 unspecified atom stereocenters. The fourth-order valence-electron chi connectivity index (χ4n) is 2.45. The molecule has 1 saturated heterocycles. The summed E-state index contributed by atoms with van der Waals surface area (Å²) >= 11 is 6.86. The second-order valence-corrected chi connectivity index (χ2v) is 10.8. The first kappa shape index (κ1) is 19.1. The molecule has 2 aromatic rings. The van der Waals surface area contributed by atoms with E-state index in [1.54, 1.807) is 0 Å². The molecule has 25 heavy (non-hydrogen) atoms. The second kappa shape index (κ2) is 7.53. The first-order chi connectivity index (χ1) is 11.8. The summed E-state index contributed by atoms with van der Waals surface area (Å²) in [6, 6.07) is 15.4. The van der Waals surface area contributed by atoms with Gasteiger partial charge in [-0.05, 0) is 42.0 Å². The van der Waals surface area contributed by atoms with Crippen molar-refractivity contribution in [2.24, 2.45) is 5.41 Å². The Labute approximate surface area is 165 Å². The number of rotatable bonds is 4. The lowest BCUT2D eigenvalue weighted by Gasteiger charge is -2.38. The lowest BCUT2D eigenvalue weighted by molar-refractivity contribution is 0.0387. The minimum atomic E-state index is -3.36. The van der Waals surface area contributed by atoms with E-state index in [1.165, 1.54) is 0 Å². The first-order valence-corrected chi connectivity index (χ1v) is 11.1. The van der Waals surface area contributed by atoms with Gasteiger partial charge in [0, 0.05) is 20.0 Å². The zero-order valence-electron chi connectivity index (χ0n) is 14.0. The summed E-state index contributed by atoms with van der Waals surface area (Å²) in [5, 5.41) is 3.33. The van der Waals surface area contributed by atoms with Crippen molar-refractivity contribution in [1.82, 2.24) is 0 Å². The molecule has 4 nitrogen and oxygen atoms in total. The molecule has 0 aromatic heterocycles. The van der Waals surface area contributed by atoms with E-state index in [0.717, 1.165) is 20.2 Å². The van der Waals surface area contributed by atoms with Gasteiger partial charge in [0.05, 0.1) is 13.2 Å². The van der Waals surface area contributed by atoms with Crippen LogP contribution < -0.4 is 5.32 Å². The van der Waals surface area contributed by atoms with Gasteiger partial charge in [-0.25, -0.2) is 0 Å². The summed E-state index contributed by atoms with van der Waals surface area (Å²) in [6.45, 7) is 4.87. The van der Waals surface area contributed by atoms with E-state index in [4.69, 9.17) is 9.05 Å². The van der Waals surface area contributed by atoms with Gasteiger partial charge in [-0.15, -0.1) is 0 Å². The van der Waals surface area contributed by atoms with Gasteiger partial charge in [0.2, 0.25) is 0 Å². The van der Waals surface area contributed by atoms with Crippen LogP contribution in [0.4, 0.5) is 5.69 Å². The van der Waals surface area contributed by atoms with E-state index in [0.29, 0.717) is 13.2 Å². The first-order valence-electron chi connectivity index (χ1n) is 7.94. The van der Waals surface area contributed by atoms with Crippen LogP contribution in [0.3, 0.4) is 0 Å². The quantitative estimate of drug-likeness (QED) is 0.493. The SMILES string of the molecule is CC1(C)COP(=O)([C@@H](Nc2ccc(Br)cc2)c2ccc(Br)cc2)OC1. The second-order valence-electron chi connectivity index (χ2n) is 6.86. The summed E-state index contributed by atoms with van der Waals surface area (Å²) in [5.74, 6) is -0.571. The predicted octanol–water partition coefficient (Wildman–Crippen LogP) is 6.59. The van der Waals surface area contributed by atoms with Crippen molar-refractivity contribution in [3.63, 3.8) is 0 Å². The van der Waals surface area contributed by atoms with Crippen LogP contribution in [-0.2, 0) is 13.6 Å². The number of nitrogens with one attached hydrogen (secondary N) is 1. The number of benzene rings is 2. The molecule has 1 aliphatic rings. The lowest BCUT2D eigenvalue weighted by Crippen LogP contribution is -2.31. The molecule has 0 amide bonds. The summed E-state index contributed by atoms with van der Waals surface area (Å²) < 4.78 is 26.9. The number of halogens is 2.